The normalized spacial score (nSPS) is 31.3. The average Bonchev–Trinajstić information content (AvgIpc) is 2.72. The Balaban J connectivity index is 1.72. The molecule has 1 aromatic carbocycles. The molecule has 1 aromatic rings. The van der Waals surface area contributed by atoms with Crippen molar-refractivity contribution < 1.29 is 8.42 Å². The highest BCUT2D eigenvalue weighted by Crippen LogP contribution is 2.55. The summed E-state index contributed by atoms with van der Waals surface area (Å²) in [5.74, 6) is 0.697. The van der Waals surface area contributed by atoms with E-state index in [1.807, 2.05) is 19.1 Å². The van der Waals surface area contributed by atoms with E-state index in [-0.39, 0.29) is 5.41 Å². The third-order valence-corrected chi connectivity index (χ3v) is 8.19. The number of hydrogen-bond donors (Lipinski definition) is 0. The molecule has 1 heterocycles. The molecule has 1 saturated carbocycles. The fraction of sp³-hybridized carbons (Fsp3) is 0.579. The van der Waals surface area contributed by atoms with Crippen LogP contribution in [-0.4, -0.2) is 25.8 Å². The van der Waals surface area contributed by atoms with E-state index in [1.54, 1.807) is 16.4 Å². The Morgan fingerprint density at radius 2 is 1.83 bits per heavy atom. The first-order valence-corrected chi connectivity index (χ1v) is 10.1. The smallest absolute Gasteiger partial charge is 0.207 e. The van der Waals surface area contributed by atoms with E-state index in [9.17, 15) is 8.42 Å². The number of hydrogen-bond acceptors (Lipinski definition) is 2. The van der Waals surface area contributed by atoms with Crippen LogP contribution in [-0.2, 0) is 10.0 Å². The van der Waals surface area contributed by atoms with Crippen LogP contribution in [0, 0.1) is 18.3 Å². The van der Waals surface area contributed by atoms with Gasteiger partial charge in [0, 0.05) is 18.5 Å². The minimum Gasteiger partial charge on any atom is -0.207 e. The molecule has 2 fully saturated rings. The van der Waals surface area contributed by atoms with E-state index in [1.165, 1.54) is 36.8 Å². The molecule has 1 aliphatic heterocycles. The molecule has 0 aromatic heterocycles. The topological polar surface area (TPSA) is 37.4 Å². The van der Waals surface area contributed by atoms with Crippen LogP contribution in [0.3, 0.4) is 0 Å². The van der Waals surface area contributed by atoms with E-state index >= 15 is 0 Å². The maximum absolute atomic E-state index is 13.1. The van der Waals surface area contributed by atoms with Gasteiger partial charge >= 0.3 is 0 Å². The zero-order valence-electron chi connectivity index (χ0n) is 14.0. The van der Waals surface area contributed by atoms with Crippen molar-refractivity contribution in [3.8, 4) is 0 Å². The molecule has 0 N–H and O–H groups in total. The van der Waals surface area contributed by atoms with Crippen LogP contribution in [0.15, 0.2) is 40.3 Å². The molecule has 2 bridgehead atoms. The molecular weight excluding hydrogens is 306 g/mol. The quantitative estimate of drug-likeness (QED) is 0.771. The van der Waals surface area contributed by atoms with E-state index < -0.39 is 10.0 Å². The summed E-state index contributed by atoms with van der Waals surface area (Å²) in [5.41, 5.74) is 4.16. The average molecular weight is 331 g/mol. The number of aryl methyl sites for hydroxylation is 1. The van der Waals surface area contributed by atoms with Crippen molar-refractivity contribution in [3.63, 3.8) is 0 Å². The largest absolute Gasteiger partial charge is 0.243 e. The van der Waals surface area contributed by atoms with Crippen molar-refractivity contribution >= 4 is 10.0 Å². The van der Waals surface area contributed by atoms with E-state index in [0.717, 1.165) is 12.0 Å². The van der Waals surface area contributed by atoms with E-state index in [2.05, 4.69) is 6.92 Å². The van der Waals surface area contributed by atoms with Gasteiger partial charge in [0.1, 0.15) is 0 Å². The predicted molar refractivity (Wildman–Crippen MR) is 91.6 cm³/mol. The Labute approximate surface area is 139 Å². The molecule has 23 heavy (non-hydrogen) atoms. The van der Waals surface area contributed by atoms with Gasteiger partial charge in [-0.15, -0.1) is 0 Å². The Hall–Kier alpha value is -1.13. The number of rotatable bonds is 2. The summed E-state index contributed by atoms with van der Waals surface area (Å²) >= 11 is 0. The van der Waals surface area contributed by atoms with Crippen LogP contribution in [0.5, 0.6) is 0 Å². The minimum absolute atomic E-state index is 0.134. The zero-order chi connectivity index (χ0) is 16.2. The standard InChI is InChI=1S/C19H25NO2S/c1-14-5-7-17(8-6-14)23(21,22)20-12-18-15(2)16-4-3-10-19(18,13-20)11-9-16/h5-8,16H,3-4,9-13H2,1-2H3/t16-,19+/m0/s1. The van der Waals surface area contributed by atoms with Crippen LogP contribution in [0.4, 0.5) is 0 Å². The maximum Gasteiger partial charge on any atom is 0.243 e. The third-order valence-electron chi connectivity index (χ3n) is 6.38. The van der Waals surface area contributed by atoms with Crippen LogP contribution >= 0.6 is 0 Å². The van der Waals surface area contributed by atoms with Gasteiger partial charge in [-0.2, -0.15) is 4.31 Å². The Bertz CT molecular complexity index is 759. The molecule has 3 aliphatic carbocycles. The van der Waals surface area contributed by atoms with Crippen LogP contribution in [0.25, 0.3) is 0 Å². The first kappa shape index (κ1) is 15.4. The second-order valence-corrected chi connectivity index (χ2v) is 9.59. The van der Waals surface area contributed by atoms with Crippen molar-refractivity contribution in [1.82, 2.24) is 4.31 Å². The van der Waals surface area contributed by atoms with Gasteiger partial charge in [-0.25, -0.2) is 8.42 Å². The van der Waals surface area contributed by atoms with Gasteiger partial charge in [-0.3, -0.25) is 0 Å². The molecule has 1 saturated heterocycles. The van der Waals surface area contributed by atoms with Gasteiger partial charge in [0.2, 0.25) is 10.0 Å². The number of sulfonamides is 1. The van der Waals surface area contributed by atoms with Crippen molar-refractivity contribution in [2.75, 3.05) is 13.1 Å². The molecule has 0 amide bonds. The summed E-state index contributed by atoms with van der Waals surface area (Å²) in [4.78, 5) is 0.434. The van der Waals surface area contributed by atoms with Gasteiger partial charge in [0.05, 0.1) is 4.90 Å². The van der Waals surface area contributed by atoms with E-state index in [4.69, 9.17) is 0 Å². The highest BCUT2D eigenvalue weighted by atomic mass is 32.2. The first-order valence-electron chi connectivity index (χ1n) is 8.69. The van der Waals surface area contributed by atoms with E-state index in [0.29, 0.717) is 23.9 Å². The number of allylic oxidation sites excluding steroid dienone is 1. The molecule has 5 rings (SSSR count). The van der Waals surface area contributed by atoms with Crippen molar-refractivity contribution in [2.24, 2.45) is 11.3 Å². The Morgan fingerprint density at radius 3 is 2.57 bits per heavy atom. The molecule has 124 valence electrons. The summed E-state index contributed by atoms with van der Waals surface area (Å²) in [5, 5.41) is 0. The van der Waals surface area contributed by atoms with Crippen molar-refractivity contribution in [2.45, 2.75) is 50.8 Å². The van der Waals surface area contributed by atoms with Crippen LogP contribution in [0.2, 0.25) is 0 Å². The van der Waals surface area contributed by atoms with Crippen molar-refractivity contribution in [3.05, 3.63) is 41.0 Å². The Morgan fingerprint density at radius 1 is 1.09 bits per heavy atom. The molecule has 2 atom stereocenters. The second-order valence-electron chi connectivity index (χ2n) is 7.66. The lowest BCUT2D eigenvalue weighted by atomic mass is 9.69. The number of benzene rings is 1. The van der Waals surface area contributed by atoms with Gasteiger partial charge in [0.25, 0.3) is 0 Å². The van der Waals surface area contributed by atoms with Crippen molar-refractivity contribution in [1.29, 1.82) is 0 Å². The first-order chi connectivity index (χ1) is 10.9. The van der Waals surface area contributed by atoms with Gasteiger partial charge in [0.15, 0.2) is 0 Å². The van der Waals surface area contributed by atoms with Gasteiger partial charge in [-0.1, -0.05) is 29.7 Å². The molecular formula is C19H25NO2S. The molecule has 3 nitrogen and oxygen atoms in total. The minimum atomic E-state index is -3.38. The van der Waals surface area contributed by atoms with Crippen LogP contribution in [0.1, 0.15) is 44.6 Å². The number of nitrogens with zero attached hydrogens (tertiary/aromatic N) is 1. The Kier molecular flexibility index (Phi) is 3.47. The highest BCUT2D eigenvalue weighted by Gasteiger charge is 2.50. The van der Waals surface area contributed by atoms with Crippen LogP contribution < -0.4 is 0 Å². The second kappa shape index (κ2) is 5.18. The third kappa shape index (κ3) is 2.30. The highest BCUT2D eigenvalue weighted by molar-refractivity contribution is 7.89. The predicted octanol–water partition coefficient (Wildman–Crippen LogP) is 3.90. The summed E-state index contributed by atoms with van der Waals surface area (Å²) in [7, 11) is -3.38. The summed E-state index contributed by atoms with van der Waals surface area (Å²) in [6, 6.07) is 7.26. The lowest BCUT2D eigenvalue weighted by Crippen LogP contribution is -2.32. The summed E-state index contributed by atoms with van der Waals surface area (Å²) in [6.07, 6.45) is 6.11. The monoisotopic (exact) mass is 331 g/mol. The molecule has 4 aliphatic rings. The molecule has 4 heteroatoms. The SMILES string of the molecule is CC1=C2CN(S(=O)(=O)c3ccc(C)cc3)C[C@]23CCC[C@H]1CC3. The summed E-state index contributed by atoms with van der Waals surface area (Å²) < 4.78 is 27.9. The lowest BCUT2D eigenvalue weighted by Gasteiger charge is -2.35. The zero-order valence-corrected chi connectivity index (χ0v) is 14.8. The maximum atomic E-state index is 13.1. The molecule has 0 radical (unpaired) electrons. The fourth-order valence-electron chi connectivity index (χ4n) is 4.95. The number of fused-ring (bicyclic) bond motifs is 3. The van der Waals surface area contributed by atoms with Gasteiger partial charge in [-0.05, 0) is 63.2 Å². The molecule has 1 spiro atoms. The summed E-state index contributed by atoms with van der Waals surface area (Å²) in [6.45, 7) is 5.53. The fourth-order valence-corrected chi connectivity index (χ4v) is 6.45. The molecule has 0 unspecified atom stereocenters. The van der Waals surface area contributed by atoms with Gasteiger partial charge < -0.3 is 0 Å². The lowest BCUT2D eigenvalue weighted by molar-refractivity contribution is 0.287.